The van der Waals surface area contributed by atoms with Crippen molar-refractivity contribution in [1.29, 1.82) is 0 Å². The topological polar surface area (TPSA) is 110 Å². The van der Waals surface area contributed by atoms with Gasteiger partial charge in [0.1, 0.15) is 0 Å². The molecule has 0 aliphatic carbocycles. The van der Waals surface area contributed by atoms with Gasteiger partial charge in [0, 0.05) is 18.3 Å². The Morgan fingerprint density at radius 3 is 2.15 bits per heavy atom. The molecule has 0 bridgehead atoms. The molecule has 0 aromatic heterocycles. The van der Waals surface area contributed by atoms with E-state index in [0.717, 1.165) is 4.31 Å². The number of esters is 1. The van der Waals surface area contributed by atoms with Crippen LogP contribution < -0.4 is 9.62 Å². The lowest BCUT2D eigenvalue weighted by Crippen LogP contribution is -2.30. The van der Waals surface area contributed by atoms with Crippen LogP contribution in [0.1, 0.15) is 34.6 Å². The second kappa shape index (κ2) is 10.3. The number of sulfonamides is 1. The first-order valence-corrected chi connectivity index (χ1v) is 11.8. The van der Waals surface area contributed by atoms with Crippen molar-refractivity contribution in [1.82, 2.24) is 0 Å². The third-order valence-corrected chi connectivity index (χ3v) is 6.86. The standard InChI is InChI=1S/C25H24N2O6S/c1-17(28)20-8-7-9-21(16-20)26-24(29)18(2)33-25(30)19-12-14-23(15-13-19)34(31,32)27(3)22-10-5-4-6-11-22/h4-16,18H,1-3H3,(H,26,29). The Balaban J connectivity index is 1.65. The zero-order chi connectivity index (χ0) is 24.9. The summed E-state index contributed by atoms with van der Waals surface area (Å²) in [4.78, 5) is 36.4. The normalized spacial score (nSPS) is 11.9. The minimum absolute atomic E-state index is 0.00606. The van der Waals surface area contributed by atoms with Crippen LogP contribution in [0.15, 0.2) is 83.8 Å². The molecule has 9 heteroatoms. The Hall–Kier alpha value is -3.98. The molecule has 0 fully saturated rings. The fourth-order valence-corrected chi connectivity index (χ4v) is 4.24. The number of benzene rings is 3. The van der Waals surface area contributed by atoms with Gasteiger partial charge in [-0.1, -0.05) is 30.3 Å². The zero-order valence-corrected chi connectivity index (χ0v) is 19.7. The van der Waals surface area contributed by atoms with E-state index in [1.165, 1.54) is 51.2 Å². The third-order valence-electron chi connectivity index (χ3n) is 5.06. The maximum absolute atomic E-state index is 12.9. The van der Waals surface area contributed by atoms with Crippen molar-refractivity contribution in [3.8, 4) is 0 Å². The van der Waals surface area contributed by atoms with Crippen molar-refractivity contribution in [3.63, 3.8) is 0 Å². The van der Waals surface area contributed by atoms with Gasteiger partial charge in [0.05, 0.1) is 16.1 Å². The van der Waals surface area contributed by atoms with E-state index in [9.17, 15) is 22.8 Å². The van der Waals surface area contributed by atoms with Crippen LogP contribution in [0.4, 0.5) is 11.4 Å². The molecule has 1 amide bonds. The molecule has 0 spiro atoms. The number of ketones is 1. The summed E-state index contributed by atoms with van der Waals surface area (Å²) in [6.45, 7) is 2.83. The van der Waals surface area contributed by atoms with E-state index in [-0.39, 0.29) is 16.2 Å². The van der Waals surface area contributed by atoms with Crippen molar-refractivity contribution < 1.29 is 27.5 Å². The molecule has 0 radical (unpaired) electrons. The Kier molecular flexibility index (Phi) is 7.47. The Bertz CT molecular complexity index is 1300. The highest BCUT2D eigenvalue weighted by Gasteiger charge is 2.23. The first kappa shape index (κ1) is 24.7. The minimum atomic E-state index is -3.82. The average molecular weight is 481 g/mol. The number of hydrogen-bond donors (Lipinski definition) is 1. The van der Waals surface area contributed by atoms with Crippen molar-refractivity contribution in [2.24, 2.45) is 0 Å². The summed E-state index contributed by atoms with van der Waals surface area (Å²) >= 11 is 0. The summed E-state index contributed by atoms with van der Waals surface area (Å²) < 4.78 is 32.1. The van der Waals surface area contributed by atoms with Gasteiger partial charge in [-0.15, -0.1) is 0 Å². The summed E-state index contributed by atoms with van der Waals surface area (Å²) in [6.07, 6.45) is -1.12. The number of anilines is 2. The molecular formula is C25H24N2O6S. The molecule has 176 valence electrons. The lowest BCUT2D eigenvalue weighted by atomic mass is 10.1. The van der Waals surface area contributed by atoms with E-state index in [0.29, 0.717) is 16.9 Å². The first-order chi connectivity index (χ1) is 16.1. The second-order valence-electron chi connectivity index (χ2n) is 7.51. The van der Waals surface area contributed by atoms with Gasteiger partial charge in [-0.2, -0.15) is 0 Å². The highest BCUT2D eigenvalue weighted by Crippen LogP contribution is 2.22. The zero-order valence-electron chi connectivity index (χ0n) is 18.9. The van der Waals surface area contributed by atoms with Crippen LogP contribution >= 0.6 is 0 Å². The van der Waals surface area contributed by atoms with Crippen LogP contribution in [-0.2, 0) is 19.6 Å². The summed E-state index contributed by atoms with van der Waals surface area (Å²) in [5.41, 5.74) is 1.44. The van der Waals surface area contributed by atoms with Crippen LogP contribution in [0, 0.1) is 0 Å². The van der Waals surface area contributed by atoms with Crippen molar-refractivity contribution in [2.75, 3.05) is 16.7 Å². The molecule has 0 aliphatic heterocycles. The molecule has 0 saturated heterocycles. The fraction of sp³-hybridized carbons (Fsp3) is 0.160. The molecule has 1 unspecified atom stereocenters. The van der Waals surface area contributed by atoms with Crippen LogP contribution in [-0.4, -0.2) is 39.2 Å². The van der Waals surface area contributed by atoms with Crippen molar-refractivity contribution in [2.45, 2.75) is 24.8 Å². The number of Topliss-reactive ketones (excluding diaryl/α,β-unsaturated/α-hetero) is 1. The summed E-state index contributed by atoms with van der Waals surface area (Å²) in [6, 6.07) is 20.3. The van der Waals surface area contributed by atoms with E-state index in [1.807, 2.05) is 0 Å². The number of hydrogen-bond acceptors (Lipinski definition) is 6. The minimum Gasteiger partial charge on any atom is -0.449 e. The number of carbonyl (C=O) groups is 3. The van der Waals surface area contributed by atoms with Gasteiger partial charge in [-0.25, -0.2) is 13.2 Å². The van der Waals surface area contributed by atoms with Gasteiger partial charge >= 0.3 is 5.97 Å². The van der Waals surface area contributed by atoms with Crippen molar-refractivity contribution in [3.05, 3.63) is 90.0 Å². The molecule has 0 aliphatic rings. The highest BCUT2D eigenvalue weighted by molar-refractivity contribution is 7.92. The monoisotopic (exact) mass is 480 g/mol. The molecule has 3 aromatic rings. The van der Waals surface area contributed by atoms with Gasteiger partial charge in [-0.05, 0) is 62.4 Å². The smallest absolute Gasteiger partial charge is 0.338 e. The molecule has 3 aromatic carbocycles. The molecular weight excluding hydrogens is 456 g/mol. The number of rotatable bonds is 8. The van der Waals surface area contributed by atoms with Gasteiger partial charge in [-0.3, -0.25) is 13.9 Å². The molecule has 8 nitrogen and oxygen atoms in total. The van der Waals surface area contributed by atoms with E-state index in [2.05, 4.69) is 5.32 Å². The van der Waals surface area contributed by atoms with Crippen LogP contribution in [0.25, 0.3) is 0 Å². The van der Waals surface area contributed by atoms with E-state index in [4.69, 9.17) is 4.74 Å². The summed E-state index contributed by atoms with van der Waals surface area (Å²) in [5, 5.41) is 2.60. The molecule has 1 atom stereocenters. The fourth-order valence-electron chi connectivity index (χ4n) is 3.04. The predicted octanol–water partition coefficient (Wildman–Crippen LogP) is 3.90. The van der Waals surface area contributed by atoms with Crippen LogP contribution in [0.3, 0.4) is 0 Å². The molecule has 34 heavy (non-hydrogen) atoms. The Morgan fingerprint density at radius 1 is 0.882 bits per heavy atom. The van der Waals surface area contributed by atoms with Gasteiger partial charge in [0.15, 0.2) is 11.9 Å². The summed E-state index contributed by atoms with van der Waals surface area (Å²) in [7, 11) is -2.38. The predicted molar refractivity (Wildman–Crippen MR) is 128 cm³/mol. The largest absolute Gasteiger partial charge is 0.449 e. The van der Waals surface area contributed by atoms with Crippen LogP contribution in [0.2, 0.25) is 0 Å². The quantitative estimate of drug-likeness (QED) is 0.387. The van der Waals surface area contributed by atoms with Gasteiger partial charge in [0.2, 0.25) is 0 Å². The third kappa shape index (κ3) is 5.68. The average Bonchev–Trinajstić information content (AvgIpc) is 2.84. The number of nitrogens with zero attached hydrogens (tertiary/aromatic N) is 1. The van der Waals surface area contributed by atoms with E-state index >= 15 is 0 Å². The number of ether oxygens (including phenoxy) is 1. The molecule has 1 N–H and O–H groups in total. The number of para-hydroxylation sites is 1. The van der Waals surface area contributed by atoms with Crippen molar-refractivity contribution >= 4 is 39.1 Å². The van der Waals surface area contributed by atoms with E-state index in [1.54, 1.807) is 48.5 Å². The van der Waals surface area contributed by atoms with E-state index < -0.39 is 28.0 Å². The number of amides is 1. The lowest BCUT2D eigenvalue weighted by Gasteiger charge is -2.19. The maximum atomic E-state index is 12.9. The number of nitrogens with one attached hydrogen (secondary N) is 1. The molecule has 3 rings (SSSR count). The van der Waals surface area contributed by atoms with Gasteiger partial charge in [0.25, 0.3) is 15.9 Å². The Labute approximate surface area is 198 Å². The number of carbonyl (C=O) groups excluding carboxylic acids is 3. The SMILES string of the molecule is CC(=O)c1cccc(NC(=O)C(C)OC(=O)c2ccc(S(=O)(=O)N(C)c3ccccc3)cc2)c1. The summed E-state index contributed by atoms with van der Waals surface area (Å²) in [5.74, 6) is -1.49. The molecule has 0 saturated carbocycles. The lowest BCUT2D eigenvalue weighted by molar-refractivity contribution is -0.123. The van der Waals surface area contributed by atoms with Crippen LogP contribution in [0.5, 0.6) is 0 Å². The Morgan fingerprint density at radius 2 is 1.53 bits per heavy atom. The highest BCUT2D eigenvalue weighted by atomic mass is 32.2. The molecule has 0 heterocycles. The second-order valence-corrected chi connectivity index (χ2v) is 9.48. The first-order valence-electron chi connectivity index (χ1n) is 10.4. The maximum Gasteiger partial charge on any atom is 0.338 e. The van der Waals surface area contributed by atoms with Gasteiger partial charge < -0.3 is 10.1 Å².